The first-order valence-corrected chi connectivity index (χ1v) is 7.13. The van der Waals surface area contributed by atoms with Crippen molar-refractivity contribution in [2.75, 3.05) is 18.4 Å². The van der Waals surface area contributed by atoms with E-state index in [9.17, 15) is 9.59 Å². The molecule has 5 nitrogen and oxygen atoms in total. The minimum atomic E-state index is -0.0117. The largest absolute Gasteiger partial charge is 0.334 e. The fourth-order valence-corrected chi connectivity index (χ4v) is 3.03. The maximum Gasteiger partial charge on any atom is 0.254 e. The van der Waals surface area contributed by atoms with Crippen molar-refractivity contribution in [3.05, 3.63) is 29.3 Å². The second-order valence-corrected chi connectivity index (χ2v) is 5.48. The molecule has 3 N–H and O–H groups in total. The van der Waals surface area contributed by atoms with Crippen molar-refractivity contribution >= 4 is 17.5 Å². The van der Waals surface area contributed by atoms with Gasteiger partial charge in [-0.2, -0.15) is 0 Å². The van der Waals surface area contributed by atoms with Crippen molar-refractivity contribution in [1.29, 1.82) is 0 Å². The maximum atomic E-state index is 12.6. The summed E-state index contributed by atoms with van der Waals surface area (Å²) in [5, 5.41) is 2.79. The highest BCUT2D eigenvalue weighted by Crippen LogP contribution is 2.26. The van der Waals surface area contributed by atoms with Crippen LogP contribution in [0.4, 0.5) is 5.69 Å². The zero-order chi connectivity index (χ0) is 14.1. The number of rotatable bonds is 2. The molecule has 3 rings (SSSR count). The van der Waals surface area contributed by atoms with E-state index in [1.165, 1.54) is 0 Å². The number of likely N-dealkylation sites (tertiary alicyclic amines) is 1. The monoisotopic (exact) mass is 273 g/mol. The van der Waals surface area contributed by atoms with Gasteiger partial charge in [0, 0.05) is 30.4 Å². The molecular weight excluding hydrogens is 254 g/mol. The predicted molar refractivity (Wildman–Crippen MR) is 76.5 cm³/mol. The fourth-order valence-electron chi connectivity index (χ4n) is 3.03. The van der Waals surface area contributed by atoms with Crippen LogP contribution < -0.4 is 11.1 Å². The average molecular weight is 273 g/mol. The predicted octanol–water partition coefficient (Wildman–Crippen LogP) is 1.13. The van der Waals surface area contributed by atoms with Gasteiger partial charge in [-0.05, 0) is 37.0 Å². The number of nitrogens with zero attached hydrogens (tertiary/aromatic N) is 1. The van der Waals surface area contributed by atoms with Crippen LogP contribution in [0.25, 0.3) is 0 Å². The molecule has 2 aliphatic rings. The van der Waals surface area contributed by atoms with Crippen molar-refractivity contribution in [2.24, 2.45) is 5.73 Å². The molecule has 0 radical (unpaired) electrons. The van der Waals surface area contributed by atoms with Crippen molar-refractivity contribution in [3.63, 3.8) is 0 Å². The molecule has 1 fully saturated rings. The van der Waals surface area contributed by atoms with Gasteiger partial charge in [0.25, 0.3) is 5.91 Å². The molecule has 2 amide bonds. The molecule has 0 saturated carbocycles. The molecule has 20 heavy (non-hydrogen) atoms. The number of carbonyl (C=O) groups excluding carboxylic acids is 2. The first kappa shape index (κ1) is 13.1. The molecule has 1 atom stereocenters. The van der Waals surface area contributed by atoms with E-state index in [-0.39, 0.29) is 17.9 Å². The lowest BCUT2D eigenvalue weighted by Crippen LogP contribution is -2.47. The standard InChI is InChI=1S/C15H19N3O2/c16-9-12-3-1-2-6-18(12)15(20)11-5-4-10-8-14(19)17-13(10)7-11/h4-5,7,12H,1-3,6,8-9,16H2,(H,17,19). The SMILES string of the molecule is NCC1CCCCN1C(=O)c1ccc2c(c1)NC(=O)C2. The summed E-state index contributed by atoms with van der Waals surface area (Å²) < 4.78 is 0. The van der Waals surface area contributed by atoms with Crippen LogP contribution in [0.1, 0.15) is 35.2 Å². The van der Waals surface area contributed by atoms with Gasteiger partial charge in [0.05, 0.1) is 6.42 Å². The molecule has 106 valence electrons. The number of carbonyl (C=O) groups is 2. The summed E-state index contributed by atoms with van der Waals surface area (Å²) in [7, 11) is 0. The van der Waals surface area contributed by atoms with Crippen molar-refractivity contribution < 1.29 is 9.59 Å². The third-order valence-electron chi connectivity index (χ3n) is 4.14. The highest BCUT2D eigenvalue weighted by molar-refractivity contribution is 6.02. The number of hydrogen-bond donors (Lipinski definition) is 2. The number of fused-ring (bicyclic) bond motifs is 1. The number of benzene rings is 1. The minimum absolute atomic E-state index is 0.0117. The van der Waals surface area contributed by atoms with E-state index in [1.54, 1.807) is 6.07 Å². The number of anilines is 1. The molecule has 1 saturated heterocycles. The van der Waals surface area contributed by atoms with Gasteiger partial charge in [0.15, 0.2) is 0 Å². The van der Waals surface area contributed by atoms with E-state index in [0.717, 1.165) is 37.1 Å². The lowest BCUT2D eigenvalue weighted by Gasteiger charge is -2.35. The number of piperidine rings is 1. The van der Waals surface area contributed by atoms with Crippen molar-refractivity contribution in [2.45, 2.75) is 31.7 Å². The van der Waals surface area contributed by atoms with Gasteiger partial charge in [-0.1, -0.05) is 6.07 Å². The Balaban J connectivity index is 1.83. The van der Waals surface area contributed by atoms with Crippen molar-refractivity contribution in [3.8, 4) is 0 Å². The summed E-state index contributed by atoms with van der Waals surface area (Å²) in [5.41, 5.74) is 8.12. The molecule has 0 spiro atoms. The molecule has 2 heterocycles. The Morgan fingerprint density at radius 3 is 3.05 bits per heavy atom. The van der Waals surface area contributed by atoms with E-state index in [2.05, 4.69) is 5.32 Å². The Labute approximate surface area is 118 Å². The summed E-state index contributed by atoms with van der Waals surface area (Å²) >= 11 is 0. The highest BCUT2D eigenvalue weighted by Gasteiger charge is 2.27. The van der Waals surface area contributed by atoms with Gasteiger partial charge in [-0.25, -0.2) is 0 Å². The topological polar surface area (TPSA) is 75.4 Å². The summed E-state index contributed by atoms with van der Waals surface area (Å²) in [4.78, 5) is 25.8. The molecule has 0 bridgehead atoms. The lowest BCUT2D eigenvalue weighted by atomic mass is 10.00. The second-order valence-electron chi connectivity index (χ2n) is 5.48. The van der Waals surface area contributed by atoms with Crippen LogP contribution in [0.15, 0.2) is 18.2 Å². The Morgan fingerprint density at radius 2 is 2.25 bits per heavy atom. The van der Waals surface area contributed by atoms with Crippen molar-refractivity contribution in [1.82, 2.24) is 4.90 Å². The van der Waals surface area contributed by atoms with Crippen LogP contribution in [0, 0.1) is 0 Å². The van der Waals surface area contributed by atoms with Crippen LogP contribution in [0.3, 0.4) is 0 Å². The van der Waals surface area contributed by atoms with E-state index in [4.69, 9.17) is 5.73 Å². The second kappa shape index (κ2) is 5.25. The van der Waals surface area contributed by atoms with Gasteiger partial charge in [-0.15, -0.1) is 0 Å². The molecule has 2 aliphatic heterocycles. The lowest BCUT2D eigenvalue weighted by molar-refractivity contribution is -0.115. The highest BCUT2D eigenvalue weighted by atomic mass is 16.2. The molecule has 1 unspecified atom stereocenters. The molecule has 1 aromatic rings. The van der Waals surface area contributed by atoms with E-state index in [1.807, 2.05) is 17.0 Å². The zero-order valence-corrected chi connectivity index (χ0v) is 11.4. The van der Waals surface area contributed by atoms with Crippen LogP contribution >= 0.6 is 0 Å². The number of amides is 2. The molecule has 0 aromatic heterocycles. The fraction of sp³-hybridized carbons (Fsp3) is 0.467. The summed E-state index contributed by atoms with van der Waals surface area (Å²) in [6.07, 6.45) is 3.54. The molecular formula is C15H19N3O2. The number of nitrogens with two attached hydrogens (primary N) is 1. The van der Waals surface area contributed by atoms with Crippen LogP contribution in [0.5, 0.6) is 0 Å². The Kier molecular flexibility index (Phi) is 3.44. The third kappa shape index (κ3) is 2.29. The minimum Gasteiger partial charge on any atom is -0.334 e. The van der Waals surface area contributed by atoms with Crippen LogP contribution in [-0.4, -0.2) is 35.8 Å². The normalized spacial score (nSPS) is 21.6. The Hall–Kier alpha value is -1.88. The molecule has 5 heteroatoms. The summed E-state index contributed by atoms with van der Waals surface area (Å²) in [5.74, 6) is 0.00602. The van der Waals surface area contributed by atoms with E-state index < -0.39 is 0 Å². The Bertz CT molecular complexity index is 556. The summed E-state index contributed by atoms with van der Waals surface area (Å²) in [6, 6.07) is 5.59. The molecule has 0 aliphatic carbocycles. The van der Waals surface area contributed by atoms with E-state index in [0.29, 0.717) is 18.5 Å². The first-order valence-electron chi connectivity index (χ1n) is 7.13. The Morgan fingerprint density at radius 1 is 1.40 bits per heavy atom. The number of nitrogens with one attached hydrogen (secondary N) is 1. The zero-order valence-electron chi connectivity index (χ0n) is 11.4. The average Bonchev–Trinajstić information content (AvgIpc) is 2.85. The summed E-state index contributed by atoms with van der Waals surface area (Å²) in [6.45, 7) is 1.28. The quantitative estimate of drug-likeness (QED) is 0.848. The third-order valence-corrected chi connectivity index (χ3v) is 4.14. The van der Waals surface area contributed by atoms with Gasteiger partial charge in [0.1, 0.15) is 0 Å². The van der Waals surface area contributed by atoms with Gasteiger partial charge in [-0.3, -0.25) is 9.59 Å². The van der Waals surface area contributed by atoms with E-state index >= 15 is 0 Å². The first-order chi connectivity index (χ1) is 9.69. The van der Waals surface area contributed by atoms with Crippen LogP contribution in [0.2, 0.25) is 0 Å². The molecule has 1 aromatic carbocycles. The maximum absolute atomic E-state index is 12.6. The number of hydrogen-bond acceptors (Lipinski definition) is 3. The van der Waals surface area contributed by atoms with Gasteiger partial charge in [0.2, 0.25) is 5.91 Å². The van der Waals surface area contributed by atoms with Gasteiger partial charge < -0.3 is 16.0 Å². The smallest absolute Gasteiger partial charge is 0.254 e. The van der Waals surface area contributed by atoms with Gasteiger partial charge >= 0.3 is 0 Å². The van der Waals surface area contributed by atoms with Crippen LogP contribution in [-0.2, 0) is 11.2 Å².